The van der Waals surface area contributed by atoms with Crippen LogP contribution < -0.4 is 5.32 Å². The summed E-state index contributed by atoms with van der Waals surface area (Å²) in [6, 6.07) is 2.35. The number of carbonyl (C=O) groups excluding carboxylic acids is 1. The maximum Gasteiger partial charge on any atom is 0.226 e. The SMILES string of the molecule is C=COCCNC(=O)C(C)(CC)CC(C#N)CC=CCCC(C)C=C. The van der Waals surface area contributed by atoms with E-state index in [0.717, 1.165) is 12.8 Å². The van der Waals surface area contributed by atoms with Crippen molar-refractivity contribution in [2.24, 2.45) is 17.3 Å². The second-order valence-electron chi connectivity index (χ2n) is 6.74. The Kier molecular flexibility index (Phi) is 12.2. The third-order valence-corrected chi connectivity index (χ3v) is 4.61. The van der Waals surface area contributed by atoms with Crippen LogP contribution in [0.15, 0.2) is 37.6 Å². The molecule has 3 atom stereocenters. The molecule has 0 aliphatic heterocycles. The second kappa shape index (κ2) is 13.3. The highest BCUT2D eigenvalue weighted by molar-refractivity contribution is 5.82. The zero-order valence-electron chi connectivity index (χ0n) is 16.1. The largest absolute Gasteiger partial charge is 0.500 e. The second-order valence-corrected chi connectivity index (χ2v) is 6.74. The zero-order chi connectivity index (χ0) is 19.1. The first-order chi connectivity index (χ1) is 11.9. The van der Waals surface area contributed by atoms with Crippen molar-refractivity contribution < 1.29 is 9.53 Å². The Morgan fingerprint density at radius 3 is 2.68 bits per heavy atom. The van der Waals surface area contributed by atoms with Crippen LogP contribution in [-0.4, -0.2) is 19.1 Å². The van der Waals surface area contributed by atoms with Gasteiger partial charge in [0.2, 0.25) is 5.91 Å². The van der Waals surface area contributed by atoms with E-state index in [2.05, 4.69) is 43.6 Å². The van der Waals surface area contributed by atoms with Crippen LogP contribution in [0.3, 0.4) is 0 Å². The zero-order valence-corrected chi connectivity index (χ0v) is 16.1. The Hall–Kier alpha value is -2.02. The molecule has 3 unspecified atom stereocenters. The summed E-state index contributed by atoms with van der Waals surface area (Å²) < 4.78 is 5.01. The van der Waals surface area contributed by atoms with Crippen molar-refractivity contribution in [2.75, 3.05) is 13.2 Å². The third kappa shape index (κ3) is 9.76. The van der Waals surface area contributed by atoms with Gasteiger partial charge in [0.05, 0.1) is 24.8 Å². The molecule has 0 saturated heterocycles. The number of amides is 1. The fourth-order valence-electron chi connectivity index (χ4n) is 2.50. The molecule has 0 radical (unpaired) electrons. The molecular formula is C21H34N2O2. The van der Waals surface area contributed by atoms with E-state index >= 15 is 0 Å². The Morgan fingerprint density at radius 2 is 2.12 bits per heavy atom. The van der Waals surface area contributed by atoms with E-state index in [-0.39, 0.29) is 11.8 Å². The molecule has 0 fully saturated rings. The van der Waals surface area contributed by atoms with Gasteiger partial charge in [-0.3, -0.25) is 4.79 Å². The number of carbonyl (C=O) groups is 1. The molecule has 0 aromatic heterocycles. The number of hydrogen-bond donors (Lipinski definition) is 1. The molecule has 25 heavy (non-hydrogen) atoms. The van der Waals surface area contributed by atoms with Crippen LogP contribution in [0, 0.1) is 28.6 Å². The van der Waals surface area contributed by atoms with E-state index in [1.807, 2.05) is 19.9 Å². The smallest absolute Gasteiger partial charge is 0.226 e. The quantitative estimate of drug-likeness (QED) is 0.280. The lowest BCUT2D eigenvalue weighted by Gasteiger charge is -2.28. The summed E-state index contributed by atoms with van der Waals surface area (Å²) in [5.74, 6) is 0.327. The lowest BCUT2D eigenvalue weighted by atomic mass is 9.77. The van der Waals surface area contributed by atoms with E-state index in [9.17, 15) is 10.1 Å². The molecule has 4 nitrogen and oxygen atoms in total. The van der Waals surface area contributed by atoms with Crippen molar-refractivity contribution in [1.82, 2.24) is 5.32 Å². The van der Waals surface area contributed by atoms with Gasteiger partial charge in [-0.2, -0.15) is 5.26 Å². The van der Waals surface area contributed by atoms with E-state index in [1.165, 1.54) is 6.26 Å². The molecule has 1 N–H and O–H groups in total. The number of allylic oxidation sites excluding steroid dienone is 3. The Balaban J connectivity index is 4.48. The normalized spacial score (nSPS) is 15.6. The first-order valence-electron chi connectivity index (χ1n) is 9.11. The summed E-state index contributed by atoms with van der Waals surface area (Å²) in [6.07, 6.45) is 11.5. The van der Waals surface area contributed by atoms with E-state index in [0.29, 0.717) is 38.3 Å². The van der Waals surface area contributed by atoms with Crippen LogP contribution in [0.4, 0.5) is 0 Å². The summed E-state index contributed by atoms with van der Waals surface area (Å²) in [4.78, 5) is 12.5. The number of nitriles is 1. The van der Waals surface area contributed by atoms with Gasteiger partial charge in [0.1, 0.15) is 6.61 Å². The molecule has 1 amide bonds. The number of nitrogens with zero attached hydrogens (tertiary/aromatic N) is 1. The average Bonchev–Trinajstić information content (AvgIpc) is 2.63. The molecule has 0 aromatic carbocycles. The molecule has 0 bridgehead atoms. The van der Waals surface area contributed by atoms with Crippen LogP contribution >= 0.6 is 0 Å². The highest BCUT2D eigenvalue weighted by Crippen LogP contribution is 2.31. The first-order valence-corrected chi connectivity index (χ1v) is 9.11. The predicted octanol–water partition coefficient (Wildman–Crippen LogP) is 4.76. The van der Waals surface area contributed by atoms with Gasteiger partial charge in [-0.15, -0.1) is 6.58 Å². The lowest BCUT2D eigenvalue weighted by molar-refractivity contribution is -0.131. The maximum absolute atomic E-state index is 12.5. The van der Waals surface area contributed by atoms with Gasteiger partial charge in [0.15, 0.2) is 0 Å². The van der Waals surface area contributed by atoms with Crippen molar-refractivity contribution in [2.45, 2.75) is 52.9 Å². The lowest BCUT2D eigenvalue weighted by Crippen LogP contribution is -2.41. The van der Waals surface area contributed by atoms with Crippen LogP contribution in [0.25, 0.3) is 0 Å². The topological polar surface area (TPSA) is 62.1 Å². The highest BCUT2D eigenvalue weighted by Gasteiger charge is 2.33. The summed E-state index contributed by atoms with van der Waals surface area (Å²) in [5, 5.41) is 12.3. The Labute approximate surface area is 153 Å². The minimum atomic E-state index is -0.542. The Morgan fingerprint density at radius 1 is 1.40 bits per heavy atom. The molecule has 0 aromatic rings. The molecular weight excluding hydrogens is 312 g/mol. The van der Waals surface area contributed by atoms with E-state index < -0.39 is 5.41 Å². The minimum Gasteiger partial charge on any atom is -0.500 e. The number of ether oxygens (including phenoxy) is 1. The monoisotopic (exact) mass is 346 g/mol. The van der Waals surface area contributed by atoms with Gasteiger partial charge in [0, 0.05) is 5.41 Å². The summed E-state index contributed by atoms with van der Waals surface area (Å²) in [6.45, 7) is 14.2. The standard InChI is InChI=1S/C21H34N2O2/c1-6-18(4)12-10-9-11-13-19(17-22)16-21(5,7-2)20(24)23-14-15-25-8-3/h6,8-9,11,18-19H,1,3,7,10,12-16H2,2,4-5H3,(H,23,24). The molecule has 0 aliphatic rings. The van der Waals surface area contributed by atoms with Crippen molar-refractivity contribution in [3.63, 3.8) is 0 Å². The van der Waals surface area contributed by atoms with Gasteiger partial charge in [-0.25, -0.2) is 0 Å². The van der Waals surface area contributed by atoms with Gasteiger partial charge >= 0.3 is 0 Å². The van der Waals surface area contributed by atoms with Gasteiger partial charge in [0.25, 0.3) is 0 Å². The Bertz CT molecular complexity index is 479. The first kappa shape index (κ1) is 23.0. The summed E-state index contributed by atoms with van der Waals surface area (Å²) in [7, 11) is 0. The molecule has 0 rings (SSSR count). The van der Waals surface area contributed by atoms with Crippen LogP contribution in [0.2, 0.25) is 0 Å². The molecule has 4 heteroatoms. The van der Waals surface area contributed by atoms with Crippen LogP contribution in [0.1, 0.15) is 52.9 Å². The van der Waals surface area contributed by atoms with Crippen molar-refractivity contribution in [3.05, 3.63) is 37.6 Å². The predicted molar refractivity (Wildman–Crippen MR) is 104 cm³/mol. The van der Waals surface area contributed by atoms with Crippen LogP contribution in [-0.2, 0) is 9.53 Å². The molecule has 0 saturated carbocycles. The number of hydrogen-bond acceptors (Lipinski definition) is 3. The highest BCUT2D eigenvalue weighted by atomic mass is 16.5. The van der Waals surface area contributed by atoms with E-state index in [1.54, 1.807) is 0 Å². The molecule has 0 spiro atoms. The molecule has 0 heterocycles. The minimum absolute atomic E-state index is 0.0216. The maximum atomic E-state index is 12.5. The van der Waals surface area contributed by atoms with Gasteiger partial charge in [-0.1, -0.05) is 45.6 Å². The number of rotatable bonds is 14. The fraction of sp³-hybridized carbons (Fsp3) is 0.619. The van der Waals surface area contributed by atoms with E-state index in [4.69, 9.17) is 4.74 Å². The number of nitrogens with one attached hydrogen (secondary N) is 1. The fourth-order valence-corrected chi connectivity index (χ4v) is 2.50. The van der Waals surface area contributed by atoms with Gasteiger partial charge < -0.3 is 10.1 Å². The summed E-state index contributed by atoms with van der Waals surface area (Å²) >= 11 is 0. The summed E-state index contributed by atoms with van der Waals surface area (Å²) in [5.41, 5.74) is -0.542. The van der Waals surface area contributed by atoms with Crippen molar-refractivity contribution in [3.8, 4) is 6.07 Å². The van der Waals surface area contributed by atoms with Gasteiger partial charge in [-0.05, 0) is 38.0 Å². The third-order valence-electron chi connectivity index (χ3n) is 4.61. The van der Waals surface area contributed by atoms with Crippen molar-refractivity contribution in [1.29, 1.82) is 5.26 Å². The molecule has 0 aliphatic carbocycles. The van der Waals surface area contributed by atoms with Crippen molar-refractivity contribution >= 4 is 5.91 Å². The average molecular weight is 347 g/mol. The molecule has 140 valence electrons. The van der Waals surface area contributed by atoms with Crippen LogP contribution in [0.5, 0.6) is 0 Å².